The van der Waals surface area contributed by atoms with E-state index < -0.39 is 12.0 Å². The minimum absolute atomic E-state index is 0.0148. The lowest BCUT2D eigenvalue weighted by Gasteiger charge is -2.07. The molecule has 0 unspecified atom stereocenters. The van der Waals surface area contributed by atoms with E-state index in [0.29, 0.717) is 24.7 Å². The molecule has 6 heteroatoms. The van der Waals surface area contributed by atoms with Gasteiger partial charge in [-0.15, -0.1) is 0 Å². The first-order valence-electron chi connectivity index (χ1n) is 8.49. The van der Waals surface area contributed by atoms with Crippen molar-refractivity contribution in [1.29, 1.82) is 0 Å². The number of fused-ring (bicyclic) bond motifs is 1. The molecule has 0 aliphatic carbocycles. The SMILES string of the molecule is CCOC(=O)c1nc([C@H](N)Cc2c[nH]c3ccccc23)oc1C(C)C. The van der Waals surface area contributed by atoms with Gasteiger partial charge in [-0.25, -0.2) is 9.78 Å². The number of benzene rings is 1. The first-order chi connectivity index (χ1) is 12.0. The van der Waals surface area contributed by atoms with Gasteiger partial charge in [0.25, 0.3) is 0 Å². The highest BCUT2D eigenvalue weighted by atomic mass is 16.5. The molecule has 132 valence electrons. The largest absolute Gasteiger partial charge is 0.461 e. The molecular weight excluding hydrogens is 318 g/mol. The van der Waals surface area contributed by atoms with Crippen LogP contribution in [0.3, 0.4) is 0 Å². The summed E-state index contributed by atoms with van der Waals surface area (Å²) < 4.78 is 10.9. The number of carbonyl (C=O) groups is 1. The fourth-order valence-electron chi connectivity index (χ4n) is 2.87. The number of oxazole rings is 1. The van der Waals surface area contributed by atoms with Gasteiger partial charge in [-0.05, 0) is 25.0 Å². The molecule has 0 spiro atoms. The van der Waals surface area contributed by atoms with Crippen LogP contribution in [0.2, 0.25) is 0 Å². The van der Waals surface area contributed by atoms with Gasteiger partial charge >= 0.3 is 5.97 Å². The Bertz CT molecular complexity index is 879. The molecule has 0 saturated carbocycles. The Hall–Kier alpha value is -2.60. The van der Waals surface area contributed by atoms with Gasteiger partial charge in [-0.1, -0.05) is 32.0 Å². The maximum Gasteiger partial charge on any atom is 0.360 e. The van der Waals surface area contributed by atoms with E-state index in [9.17, 15) is 4.79 Å². The molecule has 0 aliphatic rings. The van der Waals surface area contributed by atoms with Crippen molar-refractivity contribution >= 4 is 16.9 Å². The standard InChI is InChI=1S/C19H23N3O3/c1-4-24-19(23)16-17(11(2)3)25-18(22-16)14(20)9-12-10-21-15-8-6-5-7-13(12)15/h5-8,10-11,14,21H,4,9,20H2,1-3H3/t14-/m1/s1. The van der Waals surface area contributed by atoms with Gasteiger partial charge in [0.2, 0.25) is 5.89 Å². The van der Waals surface area contributed by atoms with Crippen molar-refractivity contribution in [2.75, 3.05) is 6.61 Å². The highest BCUT2D eigenvalue weighted by molar-refractivity contribution is 5.88. The van der Waals surface area contributed by atoms with E-state index >= 15 is 0 Å². The Kier molecular flexibility index (Phi) is 4.90. The van der Waals surface area contributed by atoms with Crippen molar-refractivity contribution < 1.29 is 13.9 Å². The summed E-state index contributed by atoms with van der Waals surface area (Å²) in [6, 6.07) is 7.60. The second kappa shape index (κ2) is 7.11. The Morgan fingerprint density at radius 2 is 2.12 bits per heavy atom. The predicted molar refractivity (Wildman–Crippen MR) is 95.5 cm³/mol. The summed E-state index contributed by atoms with van der Waals surface area (Å²) in [6.07, 6.45) is 2.51. The van der Waals surface area contributed by atoms with Crippen molar-refractivity contribution in [2.45, 2.75) is 39.2 Å². The summed E-state index contributed by atoms with van der Waals surface area (Å²) >= 11 is 0. The number of rotatable bonds is 6. The number of H-pyrrole nitrogens is 1. The molecule has 2 aromatic heterocycles. The van der Waals surface area contributed by atoms with Gasteiger partial charge in [0, 0.05) is 23.0 Å². The Balaban J connectivity index is 1.88. The number of nitrogens with two attached hydrogens (primary N) is 1. The molecule has 0 bridgehead atoms. The lowest BCUT2D eigenvalue weighted by molar-refractivity contribution is 0.0517. The topological polar surface area (TPSA) is 94.1 Å². The van der Waals surface area contributed by atoms with Crippen molar-refractivity contribution in [3.05, 3.63) is 53.4 Å². The first kappa shape index (κ1) is 17.2. The summed E-state index contributed by atoms with van der Waals surface area (Å²) in [5.74, 6) is 0.418. The van der Waals surface area contributed by atoms with Gasteiger partial charge < -0.3 is 19.9 Å². The third-order valence-electron chi connectivity index (χ3n) is 4.10. The van der Waals surface area contributed by atoms with E-state index in [1.54, 1.807) is 6.92 Å². The fraction of sp³-hybridized carbons (Fsp3) is 0.368. The monoisotopic (exact) mass is 341 g/mol. The van der Waals surface area contributed by atoms with E-state index in [0.717, 1.165) is 16.5 Å². The van der Waals surface area contributed by atoms with Gasteiger partial charge in [-0.3, -0.25) is 0 Å². The zero-order valence-corrected chi connectivity index (χ0v) is 14.7. The third-order valence-corrected chi connectivity index (χ3v) is 4.10. The number of ether oxygens (including phenoxy) is 1. The predicted octanol–water partition coefficient (Wildman–Crippen LogP) is 3.70. The van der Waals surface area contributed by atoms with Crippen LogP contribution in [0, 0.1) is 0 Å². The van der Waals surface area contributed by atoms with Gasteiger partial charge in [-0.2, -0.15) is 0 Å². The van der Waals surface area contributed by atoms with Crippen LogP contribution < -0.4 is 5.73 Å². The third kappa shape index (κ3) is 3.44. The van der Waals surface area contributed by atoms with Crippen LogP contribution in [-0.4, -0.2) is 22.5 Å². The Labute approximate surface area is 146 Å². The maximum atomic E-state index is 12.1. The molecule has 0 amide bonds. The summed E-state index contributed by atoms with van der Waals surface area (Å²) in [4.78, 5) is 19.7. The Morgan fingerprint density at radius 3 is 2.84 bits per heavy atom. The second-order valence-electron chi connectivity index (χ2n) is 6.31. The number of aromatic nitrogens is 2. The van der Waals surface area contributed by atoms with Gasteiger partial charge in [0.1, 0.15) is 5.76 Å². The number of esters is 1. The molecule has 0 fully saturated rings. The second-order valence-corrected chi connectivity index (χ2v) is 6.31. The molecule has 0 aliphatic heterocycles. The van der Waals surface area contributed by atoms with E-state index in [1.165, 1.54) is 0 Å². The van der Waals surface area contributed by atoms with Gasteiger partial charge in [0.15, 0.2) is 5.69 Å². The fourth-order valence-corrected chi connectivity index (χ4v) is 2.87. The molecular formula is C19H23N3O3. The number of nitrogens with one attached hydrogen (secondary N) is 1. The van der Waals surface area contributed by atoms with Crippen LogP contribution in [-0.2, 0) is 11.2 Å². The Morgan fingerprint density at radius 1 is 1.36 bits per heavy atom. The average Bonchev–Trinajstić information content (AvgIpc) is 3.20. The van der Waals surface area contributed by atoms with Crippen LogP contribution in [0.1, 0.15) is 60.4 Å². The summed E-state index contributed by atoms with van der Waals surface area (Å²) in [5, 5.41) is 1.12. The smallest absolute Gasteiger partial charge is 0.360 e. The molecule has 1 atom stereocenters. The molecule has 6 nitrogen and oxygen atoms in total. The van der Waals surface area contributed by atoms with E-state index in [-0.39, 0.29) is 11.6 Å². The highest BCUT2D eigenvalue weighted by Crippen LogP contribution is 2.27. The minimum atomic E-state index is -0.472. The normalized spacial score (nSPS) is 12.7. The van der Waals surface area contributed by atoms with Crippen molar-refractivity contribution in [1.82, 2.24) is 9.97 Å². The van der Waals surface area contributed by atoms with E-state index in [4.69, 9.17) is 14.9 Å². The molecule has 3 N–H and O–H groups in total. The van der Waals surface area contributed by atoms with Crippen LogP contribution in [0.4, 0.5) is 0 Å². The number of para-hydroxylation sites is 1. The number of nitrogens with zero attached hydrogens (tertiary/aromatic N) is 1. The van der Waals surface area contributed by atoms with Crippen molar-refractivity contribution in [3.63, 3.8) is 0 Å². The molecule has 25 heavy (non-hydrogen) atoms. The summed E-state index contributed by atoms with van der Waals surface area (Å²) in [7, 11) is 0. The van der Waals surface area contributed by atoms with Crippen LogP contribution in [0.5, 0.6) is 0 Å². The van der Waals surface area contributed by atoms with E-state index in [1.807, 2.05) is 44.3 Å². The first-order valence-corrected chi connectivity index (χ1v) is 8.49. The van der Waals surface area contributed by atoms with Crippen LogP contribution in [0.15, 0.2) is 34.9 Å². The summed E-state index contributed by atoms with van der Waals surface area (Å²) in [5.41, 5.74) is 8.69. The number of hydrogen-bond donors (Lipinski definition) is 2. The quantitative estimate of drug-likeness (QED) is 0.667. The van der Waals surface area contributed by atoms with Crippen molar-refractivity contribution in [3.8, 4) is 0 Å². The molecule has 3 rings (SSSR count). The van der Waals surface area contributed by atoms with Crippen LogP contribution >= 0.6 is 0 Å². The van der Waals surface area contributed by atoms with E-state index in [2.05, 4.69) is 9.97 Å². The highest BCUT2D eigenvalue weighted by Gasteiger charge is 2.26. The zero-order chi connectivity index (χ0) is 18.0. The lowest BCUT2D eigenvalue weighted by atomic mass is 10.1. The number of carbonyl (C=O) groups excluding carboxylic acids is 1. The lowest BCUT2D eigenvalue weighted by Crippen LogP contribution is -2.14. The number of aromatic amines is 1. The average molecular weight is 341 g/mol. The number of hydrogen-bond acceptors (Lipinski definition) is 5. The van der Waals surface area contributed by atoms with Gasteiger partial charge in [0.05, 0.1) is 12.6 Å². The maximum absolute atomic E-state index is 12.1. The molecule has 2 heterocycles. The zero-order valence-electron chi connectivity index (χ0n) is 14.7. The minimum Gasteiger partial charge on any atom is -0.461 e. The molecule has 1 aromatic carbocycles. The molecule has 0 saturated heterocycles. The van der Waals surface area contributed by atoms with Crippen LogP contribution in [0.25, 0.3) is 10.9 Å². The summed E-state index contributed by atoms with van der Waals surface area (Å²) in [6.45, 7) is 5.94. The molecule has 0 radical (unpaired) electrons. The van der Waals surface area contributed by atoms with Crippen molar-refractivity contribution in [2.24, 2.45) is 5.73 Å². The molecule has 3 aromatic rings.